The molecule has 15 heavy (non-hydrogen) atoms. The lowest BCUT2D eigenvalue weighted by molar-refractivity contribution is -0.289. The molecule has 0 spiro atoms. The van der Waals surface area contributed by atoms with Crippen molar-refractivity contribution in [3.63, 3.8) is 0 Å². The summed E-state index contributed by atoms with van der Waals surface area (Å²) in [5, 5.41) is 0. The van der Waals surface area contributed by atoms with Crippen molar-refractivity contribution in [1.29, 1.82) is 0 Å². The summed E-state index contributed by atoms with van der Waals surface area (Å²) in [4.78, 5) is 0. The molecule has 84 valence electrons. The van der Waals surface area contributed by atoms with E-state index in [-0.39, 0.29) is 0 Å². The first-order valence-electron chi connectivity index (χ1n) is 3.56. The number of alkyl halides is 5. The molecule has 0 nitrogen and oxygen atoms in total. The lowest BCUT2D eigenvalue weighted by Gasteiger charge is -2.19. The highest BCUT2D eigenvalue weighted by Gasteiger charge is 2.58. The molecule has 1 aromatic carbocycles. The SMILES string of the molecule is Fc1ccc(C(F)(F)C(F)(F)F)cc1Br. The molecule has 0 N–H and O–H groups in total. The highest BCUT2D eigenvalue weighted by molar-refractivity contribution is 9.10. The second kappa shape index (κ2) is 3.70. The molecule has 0 amide bonds. The molecule has 0 fully saturated rings. The average molecular weight is 293 g/mol. The van der Waals surface area contributed by atoms with Crippen LogP contribution in [0.3, 0.4) is 0 Å². The Morgan fingerprint density at radius 1 is 1.00 bits per heavy atom. The Balaban J connectivity index is 3.22. The molecular formula is C8H3BrF6. The first kappa shape index (κ1) is 12.4. The summed E-state index contributed by atoms with van der Waals surface area (Å²) in [5.41, 5.74) is -1.30. The molecule has 0 atom stereocenters. The van der Waals surface area contributed by atoms with E-state index in [0.29, 0.717) is 18.2 Å². The second-order valence-electron chi connectivity index (χ2n) is 2.70. The van der Waals surface area contributed by atoms with Crippen LogP contribution in [0.4, 0.5) is 26.3 Å². The standard InChI is InChI=1S/C8H3BrF6/c9-5-3-4(1-2-6(5)10)7(11,12)8(13,14)15/h1-3H. The van der Waals surface area contributed by atoms with Gasteiger partial charge >= 0.3 is 12.1 Å². The Morgan fingerprint density at radius 2 is 1.53 bits per heavy atom. The summed E-state index contributed by atoms with van der Waals surface area (Å²) in [6, 6.07) is 1.34. The van der Waals surface area contributed by atoms with Crippen LogP contribution in [0.2, 0.25) is 0 Å². The van der Waals surface area contributed by atoms with E-state index in [1.54, 1.807) is 0 Å². The van der Waals surface area contributed by atoms with E-state index in [0.717, 1.165) is 0 Å². The second-order valence-corrected chi connectivity index (χ2v) is 3.56. The number of hydrogen-bond donors (Lipinski definition) is 0. The molecule has 1 aromatic rings. The van der Waals surface area contributed by atoms with E-state index in [4.69, 9.17) is 0 Å². The predicted octanol–water partition coefficient (Wildman–Crippen LogP) is 4.24. The highest BCUT2D eigenvalue weighted by Crippen LogP contribution is 2.44. The van der Waals surface area contributed by atoms with Gasteiger partial charge in [-0.05, 0) is 34.1 Å². The lowest BCUT2D eigenvalue weighted by atomic mass is 10.1. The van der Waals surface area contributed by atoms with Gasteiger partial charge in [-0.25, -0.2) is 4.39 Å². The van der Waals surface area contributed by atoms with Crippen LogP contribution in [0.15, 0.2) is 22.7 Å². The number of benzene rings is 1. The molecule has 0 bridgehead atoms. The maximum absolute atomic E-state index is 12.7. The van der Waals surface area contributed by atoms with Gasteiger partial charge < -0.3 is 0 Å². The van der Waals surface area contributed by atoms with Crippen molar-refractivity contribution in [3.8, 4) is 0 Å². The van der Waals surface area contributed by atoms with Crippen molar-refractivity contribution in [1.82, 2.24) is 0 Å². The normalized spacial score (nSPS) is 13.0. The molecule has 0 aliphatic rings. The van der Waals surface area contributed by atoms with Gasteiger partial charge in [0.1, 0.15) is 5.82 Å². The smallest absolute Gasteiger partial charge is 0.206 e. The Bertz CT molecular complexity index is 370. The highest BCUT2D eigenvalue weighted by atomic mass is 79.9. The Hall–Kier alpha value is -0.720. The monoisotopic (exact) mass is 292 g/mol. The van der Waals surface area contributed by atoms with E-state index in [2.05, 4.69) is 15.9 Å². The van der Waals surface area contributed by atoms with Crippen LogP contribution in [-0.4, -0.2) is 6.18 Å². The van der Waals surface area contributed by atoms with Gasteiger partial charge in [0.15, 0.2) is 0 Å². The van der Waals surface area contributed by atoms with Crippen LogP contribution in [0.1, 0.15) is 5.56 Å². The molecule has 0 aliphatic heterocycles. The third-order valence-corrected chi connectivity index (χ3v) is 2.25. The van der Waals surface area contributed by atoms with Gasteiger partial charge in [-0.3, -0.25) is 0 Å². The Morgan fingerprint density at radius 3 is 1.93 bits per heavy atom. The third-order valence-electron chi connectivity index (χ3n) is 1.64. The first-order chi connectivity index (χ1) is 6.66. The van der Waals surface area contributed by atoms with E-state index in [1.165, 1.54) is 0 Å². The van der Waals surface area contributed by atoms with Gasteiger partial charge in [0.2, 0.25) is 0 Å². The lowest BCUT2D eigenvalue weighted by Crippen LogP contribution is -2.33. The van der Waals surface area contributed by atoms with Gasteiger partial charge in [-0.1, -0.05) is 0 Å². The topological polar surface area (TPSA) is 0 Å². The van der Waals surface area contributed by atoms with Crippen LogP contribution in [0.25, 0.3) is 0 Å². The van der Waals surface area contributed by atoms with E-state index in [1.807, 2.05) is 0 Å². The fourth-order valence-corrected chi connectivity index (χ4v) is 1.23. The minimum Gasteiger partial charge on any atom is -0.206 e. The quantitative estimate of drug-likeness (QED) is 0.679. The van der Waals surface area contributed by atoms with Crippen LogP contribution in [0, 0.1) is 5.82 Å². The summed E-state index contributed by atoms with van der Waals surface area (Å²) in [6.45, 7) is 0. The van der Waals surface area contributed by atoms with Gasteiger partial charge in [0, 0.05) is 5.56 Å². The number of rotatable bonds is 1. The van der Waals surface area contributed by atoms with Crippen molar-refractivity contribution in [2.45, 2.75) is 12.1 Å². The summed E-state index contributed by atoms with van der Waals surface area (Å²) in [5.74, 6) is -5.89. The van der Waals surface area contributed by atoms with Crippen LogP contribution < -0.4 is 0 Å². The molecule has 0 radical (unpaired) electrons. The fourth-order valence-electron chi connectivity index (χ4n) is 0.855. The average Bonchev–Trinajstić information content (AvgIpc) is 2.07. The van der Waals surface area contributed by atoms with Gasteiger partial charge in [-0.15, -0.1) is 0 Å². The van der Waals surface area contributed by atoms with E-state index < -0.39 is 28.0 Å². The summed E-state index contributed by atoms with van der Waals surface area (Å²) in [6.07, 6.45) is -5.69. The molecule has 0 saturated carbocycles. The summed E-state index contributed by atoms with van der Waals surface area (Å²) < 4.78 is 73.3. The molecule has 7 heteroatoms. The molecule has 0 saturated heterocycles. The zero-order valence-corrected chi connectivity index (χ0v) is 8.46. The maximum atomic E-state index is 12.7. The fraction of sp³-hybridized carbons (Fsp3) is 0.250. The van der Waals surface area contributed by atoms with E-state index >= 15 is 0 Å². The van der Waals surface area contributed by atoms with Crippen molar-refractivity contribution >= 4 is 15.9 Å². The van der Waals surface area contributed by atoms with Gasteiger partial charge in [0.05, 0.1) is 4.47 Å². The maximum Gasteiger partial charge on any atom is 0.458 e. The molecule has 0 unspecified atom stereocenters. The molecule has 0 heterocycles. The predicted molar refractivity (Wildman–Crippen MR) is 44.0 cm³/mol. The summed E-state index contributed by atoms with van der Waals surface area (Å²) >= 11 is 2.53. The third kappa shape index (κ3) is 2.27. The van der Waals surface area contributed by atoms with Crippen molar-refractivity contribution in [2.75, 3.05) is 0 Å². The minimum absolute atomic E-state index is 0.396. The van der Waals surface area contributed by atoms with Crippen LogP contribution in [0.5, 0.6) is 0 Å². The molecule has 0 aliphatic carbocycles. The minimum atomic E-state index is -5.69. The van der Waals surface area contributed by atoms with Crippen LogP contribution in [-0.2, 0) is 5.92 Å². The molecule has 1 rings (SSSR count). The molecular weight excluding hydrogens is 290 g/mol. The Kier molecular flexibility index (Phi) is 3.04. The van der Waals surface area contributed by atoms with Gasteiger partial charge in [-0.2, -0.15) is 22.0 Å². The first-order valence-corrected chi connectivity index (χ1v) is 4.35. The van der Waals surface area contributed by atoms with Crippen molar-refractivity contribution in [2.24, 2.45) is 0 Å². The van der Waals surface area contributed by atoms with Crippen LogP contribution >= 0.6 is 15.9 Å². The summed E-state index contributed by atoms with van der Waals surface area (Å²) in [7, 11) is 0. The van der Waals surface area contributed by atoms with Crippen molar-refractivity contribution < 1.29 is 26.3 Å². The zero-order chi connectivity index (χ0) is 11.9. The Labute approximate surface area is 89.0 Å². The number of hydrogen-bond acceptors (Lipinski definition) is 0. The largest absolute Gasteiger partial charge is 0.458 e. The van der Waals surface area contributed by atoms with Crippen molar-refractivity contribution in [3.05, 3.63) is 34.1 Å². The molecule has 0 aromatic heterocycles. The number of halogens is 7. The van der Waals surface area contributed by atoms with Gasteiger partial charge in [0.25, 0.3) is 0 Å². The van der Waals surface area contributed by atoms with E-state index in [9.17, 15) is 26.3 Å². The zero-order valence-electron chi connectivity index (χ0n) is 6.88.